The summed E-state index contributed by atoms with van der Waals surface area (Å²) in [5, 5.41) is 14.1. The average molecular weight is 287 g/mol. The molecule has 0 unspecified atom stereocenters. The highest BCUT2D eigenvalue weighted by Crippen LogP contribution is 2.25. The van der Waals surface area contributed by atoms with E-state index < -0.39 is 4.92 Å². The van der Waals surface area contributed by atoms with Gasteiger partial charge in [-0.05, 0) is 31.4 Å². The van der Waals surface area contributed by atoms with Crippen molar-refractivity contribution in [2.45, 2.75) is 20.3 Å². The molecule has 0 atom stereocenters. The van der Waals surface area contributed by atoms with E-state index in [-0.39, 0.29) is 23.1 Å². The maximum Gasteiger partial charge on any atom is 0.332 e. The van der Waals surface area contributed by atoms with Crippen molar-refractivity contribution in [3.63, 3.8) is 0 Å². The van der Waals surface area contributed by atoms with Crippen LogP contribution in [-0.4, -0.2) is 21.4 Å². The number of nitro groups is 1. The molecule has 1 aromatic heterocycles. The molecule has 0 spiro atoms. The lowest BCUT2D eigenvalue weighted by atomic mass is 10.1. The Morgan fingerprint density at radius 2 is 2.00 bits per heavy atom. The molecule has 1 aromatic carbocycles. The molecule has 0 aliphatic heterocycles. The molecular formula is C14H17N5O2. The van der Waals surface area contributed by atoms with Crippen LogP contribution in [0.1, 0.15) is 16.8 Å². The standard InChI is InChI=1S/C14H17N5O2/c1-9-5-3-4-6-11(9)7-8-16-13-12(19(20)21)10(2)17-14(15)18-13/h3-6H,7-8H2,1-2H3,(H3,15,16,17,18). The van der Waals surface area contributed by atoms with Gasteiger partial charge < -0.3 is 11.1 Å². The maximum absolute atomic E-state index is 11.1. The third-order valence-electron chi connectivity index (χ3n) is 3.21. The fraction of sp³-hybridized carbons (Fsp3) is 0.286. The van der Waals surface area contributed by atoms with E-state index in [2.05, 4.69) is 15.3 Å². The van der Waals surface area contributed by atoms with Gasteiger partial charge in [0.25, 0.3) is 0 Å². The molecule has 3 N–H and O–H groups in total. The topological polar surface area (TPSA) is 107 Å². The second-order valence-corrected chi connectivity index (χ2v) is 4.72. The van der Waals surface area contributed by atoms with Crippen molar-refractivity contribution in [3.8, 4) is 0 Å². The summed E-state index contributed by atoms with van der Waals surface area (Å²) in [6.07, 6.45) is 0.743. The van der Waals surface area contributed by atoms with E-state index in [0.29, 0.717) is 6.54 Å². The largest absolute Gasteiger partial charge is 0.368 e. The van der Waals surface area contributed by atoms with Gasteiger partial charge in [-0.3, -0.25) is 10.1 Å². The highest BCUT2D eigenvalue weighted by Gasteiger charge is 2.21. The molecule has 0 aliphatic carbocycles. The Balaban J connectivity index is 2.13. The highest BCUT2D eigenvalue weighted by atomic mass is 16.6. The van der Waals surface area contributed by atoms with Crippen LogP contribution in [0.25, 0.3) is 0 Å². The molecule has 2 aromatic rings. The Labute approximate surface area is 122 Å². The number of nitrogens with one attached hydrogen (secondary N) is 1. The Hall–Kier alpha value is -2.70. The van der Waals surface area contributed by atoms with Crippen LogP contribution in [0.15, 0.2) is 24.3 Å². The zero-order valence-electron chi connectivity index (χ0n) is 12.0. The summed E-state index contributed by atoms with van der Waals surface area (Å²) in [4.78, 5) is 18.3. The summed E-state index contributed by atoms with van der Waals surface area (Å²) in [6, 6.07) is 8.01. The van der Waals surface area contributed by atoms with Crippen molar-refractivity contribution in [2.24, 2.45) is 0 Å². The number of aromatic nitrogens is 2. The Morgan fingerprint density at radius 3 is 2.67 bits per heavy atom. The van der Waals surface area contributed by atoms with Crippen molar-refractivity contribution in [1.82, 2.24) is 9.97 Å². The van der Waals surface area contributed by atoms with Gasteiger partial charge in [0.15, 0.2) is 0 Å². The number of aryl methyl sites for hydroxylation is 2. The van der Waals surface area contributed by atoms with Gasteiger partial charge in [0.2, 0.25) is 11.8 Å². The lowest BCUT2D eigenvalue weighted by molar-refractivity contribution is -0.385. The second-order valence-electron chi connectivity index (χ2n) is 4.72. The van der Waals surface area contributed by atoms with Crippen LogP contribution in [0.5, 0.6) is 0 Å². The van der Waals surface area contributed by atoms with Gasteiger partial charge in [0.05, 0.1) is 4.92 Å². The first-order valence-corrected chi connectivity index (χ1v) is 6.56. The minimum absolute atomic E-state index is 0.0245. The van der Waals surface area contributed by atoms with Crippen molar-refractivity contribution >= 4 is 17.5 Å². The third kappa shape index (κ3) is 3.44. The molecule has 0 saturated heterocycles. The summed E-state index contributed by atoms with van der Waals surface area (Å²) in [7, 11) is 0. The van der Waals surface area contributed by atoms with Gasteiger partial charge in [0.1, 0.15) is 5.69 Å². The van der Waals surface area contributed by atoms with Crippen molar-refractivity contribution in [3.05, 3.63) is 51.2 Å². The SMILES string of the molecule is Cc1ccccc1CCNc1nc(N)nc(C)c1[N+](=O)[O-]. The van der Waals surface area contributed by atoms with E-state index in [1.165, 1.54) is 11.1 Å². The van der Waals surface area contributed by atoms with E-state index in [4.69, 9.17) is 5.73 Å². The normalized spacial score (nSPS) is 10.4. The van der Waals surface area contributed by atoms with Crippen LogP contribution in [0, 0.1) is 24.0 Å². The van der Waals surface area contributed by atoms with Gasteiger partial charge in [-0.15, -0.1) is 0 Å². The number of hydrogen-bond donors (Lipinski definition) is 2. The smallest absolute Gasteiger partial charge is 0.332 e. The molecule has 7 nitrogen and oxygen atoms in total. The molecule has 21 heavy (non-hydrogen) atoms. The van der Waals surface area contributed by atoms with Crippen LogP contribution < -0.4 is 11.1 Å². The first-order chi connectivity index (χ1) is 9.99. The predicted octanol–water partition coefficient (Wildman–Crippen LogP) is 2.24. The molecule has 0 saturated carbocycles. The third-order valence-corrected chi connectivity index (χ3v) is 3.21. The minimum atomic E-state index is -0.495. The monoisotopic (exact) mass is 287 g/mol. The predicted molar refractivity (Wildman–Crippen MR) is 81.2 cm³/mol. The van der Waals surface area contributed by atoms with Crippen LogP contribution in [-0.2, 0) is 6.42 Å². The molecule has 0 radical (unpaired) electrons. The fourth-order valence-corrected chi connectivity index (χ4v) is 2.14. The summed E-state index contributed by atoms with van der Waals surface area (Å²) in [5.74, 6) is 0.190. The quantitative estimate of drug-likeness (QED) is 0.645. The van der Waals surface area contributed by atoms with Crippen LogP contribution in [0.3, 0.4) is 0 Å². The summed E-state index contributed by atoms with van der Waals surface area (Å²) in [6.45, 7) is 4.11. The highest BCUT2D eigenvalue weighted by molar-refractivity contribution is 5.60. The summed E-state index contributed by atoms with van der Waals surface area (Å²) in [5.41, 5.74) is 8.05. The van der Waals surface area contributed by atoms with Gasteiger partial charge in [-0.25, -0.2) is 4.98 Å². The fourth-order valence-electron chi connectivity index (χ4n) is 2.14. The van der Waals surface area contributed by atoms with Crippen LogP contribution in [0.2, 0.25) is 0 Å². The van der Waals surface area contributed by atoms with E-state index >= 15 is 0 Å². The van der Waals surface area contributed by atoms with E-state index in [1.54, 1.807) is 6.92 Å². The number of hydrogen-bond acceptors (Lipinski definition) is 6. The molecule has 110 valence electrons. The first kappa shape index (κ1) is 14.7. The molecule has 0 aliphatic rings. The minimum Gasteiger partial charge on any atom is -0.368 e. The van der Waals surface area contributed by atoms with Gasteiger partial charge in [0, 0.05) is 6.54 Å². The van der Waals surface area contributed by atoms with Crippen molar-refractivity contribution in [1.29, 1.82) is 0 Å². The zero-order chi connectivity index (χ0) is 15.4. The number of rotatable bonds is 5. The van der Waals surface area contributed by atoms with E-state index in [1.807, 2.05) is 31.2 Å². The Bertz CT molecular complexity index is 672. The maximum atomic E-state index is 11.1. The summed E-state index contributed by atoms with van der Waals surface area (Å²) < 4.78 is 0. The van der Waals surface area contributed by atoms with E-state index in [9.17, 15) is 10.1 Å². The molecular weight excluding hydrogens is 270 g/mol. The molecule has 0 fully saturated rings. The summed E-state index contributed by atoms with van der Waals surface area (Å²) >= 11 is 0. The molecule has 1 heterocycles. The Kier molecular flexibility index (Phi) is 4.32. The molecule has 0 bridgehead atoms. The van der Waals surface area contributed by atoms with Gasteiger partial charge in [-0.1, -0.05) is 24.3 Å². The van der Waals surface area contributed by atoms with Crippen LogP contribution in [0.4, 0.5) is 17.5 Å². The van der Waals surface area contributed by atoms with Gasteiger partial charge in [-0.2, -0.15) is 4.98 Å². The number of nitrogen functional groups attached to an aromatic ring is 1. The number of nitrogens with two attached hydrogens (primary N) is 1. The van der Waals surface area contributed by atoms with Crippen LogP contribution >= 0.6 is 0 Å². The molecule has 7 heteroatoms. The van der Waals surface area contributed by atoms with Gasteiger partial charge >= 0.3 is 5.69 Å². The number of nitrogens with zero attached hydrogens (tertiary/aromatic N) is 3. The van der Waals surface area contributed by atoms with Crippen molar-refractivity contribution in [2.75, 3.05) is 17.6 Å². The zero-order valence-corrected chi connectivity index (χ0v) is 12.0. The number of anilines is 2. The Morgan fingerprint density at radius 1 is 1.29 bits per heavy atom. The first-order valence-electron chi connectivity index (χ1n) is 6.56. The second kappa shape index (κ2) is 6.17. The lowest BCUT2D eigenvalue weighted by Crippen LogP contribution is -2.12. The molecule has 2 rings (SSSR count). The molecule has 0 amide bonds. The van der Waals surface area contributed by atoms with Crippen molar-refractivity contribution < 1.29 is 4.92 Å². The lowest BCUT2D eigenvalue weighted by Gasteiger charge is -2.09. The van der Waals surface area contributed by atoms with E-state index in [0.717, 1.165) is 6.42 Å². The number of benzene rings is 1. The average Bonchev–Trinajstić information content (AvgIpc) is 2.39.